The lowest BCUT2D eigenvalue weighted by Crippen LogP contribution is -2.11. The number of amides is 1. The second-order valence-electron chi connectivity index (χ2n) is 7.14. The Bertz CT molecular complexity index is 1330. The molecule has 0 aliphatic carbocycles. The molecular weight excluding hydrogens is 390 g/mol. The zero-order chi connectivity index (χ0) is 20.5. The lowest BCUT2D eigenvalue weighted by atomic mass is 10.1. The van der Waals surface area contributed by atoms with Crippen LogP contribution in [-0.4, -0.2) is 15.3 Å². The molecule has 5 aromatic rings. The molecule has 3 aromatic heterocycles. The van der Waals surface area contributed by atoms with Crippen molar-refractivity contribution in [2.45, 2.75) is 6.92 Å². The molecule has 5 rings (SSSR count). The molecule has 2 aromatic carbocycles. The van der Waals surface area contributed by atoms with Gasteiger partial charge in [-0.1, -0.05) is 36.4 Å². The van der Waals surface area contributed by atoms with Gasteiger partial charge in [0.25, 0.3) is 5.91 Å². The predicted molar refractivity (Wildman–Crippen MR) is 123 cm³/mol. The van der Waals surface area contributed by atoms with Crippen LogP contribution in [-0.2, 0) is 0 Å². The van der Waals surface area contributed by atoms with E-state index in [0.29, 0.717) is 5.56 Å². The Hall–Kier alpha value is -3.70. The van der Waals surface area contributed by atoms with E-state index in [0.717, 1.165) is 33.7 Å². The highest BCUT2D eigenvalue weighted by atomic mass is 32.1. The Morgan fingerprint density at radius 1 is 0.967 bits per heavy atom. The van der Waals surface area contributed by atoms with Crippen molar-refractivity contribution in [1.82, 2.24) is 9.38 Å². The number of rotatable bonds is 4. The summed E-state index contributed by atoms with van der Waals surface area (Å²) in [6.45, 7) is 2.05. The number of thiophene rings is 1. The summed E-state index contributed by atoms with van der Waals surface area (Å²) < 4.78 is 2.02. The van der Waals surface area contributed by atoms with Crippen LogP contribution in [0.25, 0.3) is 27.3 Å². The van der Waals surface area contributed by atoms with E-state index < -0.39 is 0 Å². The lowest BCUT2D eigenvalue weighted by molar-refractivity contribution is 0.102. The van der Waals surface area contributed by atoms with Gasteiger partial charge in [-0.2, -0.15) is 0 Å². The number of carbonyl (C=O) groups is 1. The quantitative estimate of drug-likeness (QED) is 0.379. The second kappa shape index (κ2) is 7.61. The molecule has 0 fully saturated rings. The van der Waals surface area contributed by atoms with E-state index in [1.807, 2.05) is 95.8 Å². The van der Waals surface area contributed by atoms with E-state index in [9.17, 15) is 4.79 Å². The molecule has 3 heterocycles. The Kier molecular flexibility index (Phi) is 4.65. The minimum absolute atomic E-state index is 0.129. The molecule has 0 radical (unpaired) electrons. The third-order valence-corrected chi connectivity index (χ3v) is 5.97. The van der Waals surface area contributed by atoms with E-state index in [1.54, 1.807) is 11.3 Å². The molecule has 0 saturated heterocycles. The average molecular weight is 410 g/mol. The number of hydrogen-bond acceptors (Lipinski definition) is 3. The number of aromatic nitrogens is 2. The summed E-state index contributed by atoms with van der Waals surface area (Å²) >= 11 is 1.69. The smallest absolute Gasteiger partial charge is 0.255 e. The zero-order valence-electron chi connectivity index (χ0n) is 16.4. The van der Waals surface area contributed by atoms with Crippen molar-refractivity contribution in [1.29, 1.82) is 0 Å². The highest BCUT2D eigenvalue weighted by Gasteiger charge is 2.10. The molecule has 0 atom stereocenters. The summed E-state index contributed by atoms with van der Waals surface area (Å²) in [5, 5.41) is 5.05. The minimum Gasteiger partial charge on any atom is -0.322 e. The number of aryl methyl sites for hydroxylation is 1. The van der Waals surface area contributed by atoms with Gasteiger partial charge in [-0.15, -0.1) is 11.3 Å². The summed E-state index contributed by atoms with van der Waals surface area (Å²) in [5.41, 5.74) is 6.39. The van der Waals surface area contributed by atoms with Crippen LogP contribution >= 0.6 is 11.3 Å². The van der Waals surface area contributed by atoms with E-state index in [1.165, 1.54) is 4.88 Å². The van der Waals surface area contributed by atoms with Gasteiger partial charge in [0.1, 0.15) is 5.65 Å². The fraction of sp³-hybridized carbons (Fsp3) is 0.0400. The number of fused-ring (bicyclic) bond motifs is 1. The van der Waals surface area contributed by atoms with Crippen LogP contribution in [0.1, 0.15) is 15.9 Å². The summed E-state index contributed by atoms with van der Waals surface area (Å²) in [7, 11) is 0. The first kappa shape index (κ1) is 18.3. The Morgan fingerprint density at radius 2 is 1.83 bits per heavy atom. The topological polar surface area (TPSA) is 46.4 Å². The van der Waals surface area contributed by atoms with Crippen molar-refractivity contribution in [3.8, 4) is 21.7 Å². The van der Waals surface area contributed by atoms with Crippen molar-refractivity contribution < 1.29 is 4.79 Å². The Morgan fingerprint density at radius 3 is 2.60 bits per heavy atom. The van der Waals surface area contributed by atoms with Crippen LogP contribution in [0.5, 0.6) is 0 Å². The summed E-state index contributed by atoms with van der Waals surface area (Å²) in [6, 6.07) is 23.6. The van der Waals surface area contributed by atoms with E-state index in [4.69, 9.17) is 4.98 Å². The van der Waals surface area contributed by atoms with E-state index in [2.05, 4.69) is 11.4 Å². The maximum absolute atomic E-state index is 12.7. The standard InChI is InChI=1S/C25H19N3OS/c1-17-5-3-13-28-16-22(27-24(17)28)20-6-2-7-21(15-20)26-25(29)19-11-9-18(10-12-19)23-8-4-14-30-23/h2-16H,1H3,(H,26,29). The molecule has 30 heavy (non-hydrogen) atoms. The SMILES string of the molecule is Cc1cccn2cc(-c3cccc(NC(=O)c4ccc(-c5cccs5)cc4)c3)nc12. The number of nitrogens with zero attached hydrogens (tertiary/aromatic N) is 2. The molecule has 5 heteroatoms. The number of carbonyl (C=O) groups excluding carboxylic acids is 1. The van der Waals surface area contributed by atoms with Gasteiger partial charge < -0.3 is 9.72 Å². The van der Waals surface area contributed by atoms with Gasteiger partial charge in [0, 0.05) is 34.1 Å². The van der Waals surface area contributed by atoms with Crippen molar-refractivity contribution >= 4 is 28.6 Å². The van der Waals surface area contributed by atoms with Crippen molar-refractivity contribution in [2.75, 3.05) is 5.32 Å². The average Bonchev–Trinajstić information content (AvgIpc) is 3.45. The van der Waals surface area contributed by atoms with Crippen molar-refractivity contribution in [2.24, 2.45) is 0 Å². The molecule has 0 bridgehead atoms. The number of imidazole rings is 1. The lowest BCUT2D eigenvalue weighted by Gasteiger charge is -2.07. The summed E-state index contributed by atoms with van der Waals surface area (Å²) in [6.07, 6.45) is 4.00. The highest BCUT2D eigenvalue weighted by molar-refractivity contribution is 7.13. The maximum atomic E-state index is 12.7. The van der Waals surface area contributed by atoms with Gasteiger partial charge in [0.05, 0.1) is 5.69 Å². The summed E-state index contributed by atoms with van der Waals surface area (Å²) in [4.78, 5) is 18.7. The molecule has 0 unspecified atom stereocenters. The van der Waals surface area contributed by atoms with Crippen LogP contribution in [0.3, 0.4) is 0 Å². The third kappa shape index (κ3) is 3.51. The van der Waals surface area contributed by atoms with Gasteiger partial charge >= 0.3 is 0 Å². The van der Waals surface area contributed by atoms with Crippen LogP contribution < -0.4 is 5.32 Å². The third-order valence-electron chi connectivity index (χ3n) is 5.05. The van der Waals surface area contributed by atoms with Crippen LogP contribution in [0, 0.1) is 6.92 Å². The van der Waals surface area contributed by atoms with Gasteiger partial charge in [-0.25, -0.2) is 4.98 Å². The Balaban J connectivity index is 1.37. The van der Waals surface area contributed by atoms with Crippen LogP contribution in [0.4, 0.5) is 5.69 Å². The molecule has 0 aliphatic rings. The number of pyridine rings is 1. The fourth-order valence-corrected chi connectivity index (χ4v) is 4.21. The van der Waals surface area contributed by atoms with E-state index in [-0.39, 0.29) is 5.91 Å². The zero-order valence-corrected chi connectivity index (χ0v) is 17.2. The largest absolute Gasteiger partial charge is 0.322 e. The molecule has 0 aliphatic heterocycles. The molecule has 1 amide bonds. The number of hydrogen-bond donors (Lipinski definition) is 1. The highest BCUT2D eigenvalue weighted by Crippen LogP contribution is 2.26. The van der Waals surface area contributed by atoms with Gasteiger partial charge in [0.2, 0.25) is 0 Å². The normalized spacial score (nSPS) is 11.0. The molecule has 146 valence electrons. The number of anilines is 1. The summed E-state index contributed by atoms with van der Waals surface area (Å²) in [5.74, 6) is -0.129. The monoisotopic (exact) mass is 409 g/mol. The molecular formula is C25H19N3OS. The van der Waals surface area contributed by atoms with Crippen LogP contribution in [0.2, 0.25) is 0 Å². The van der Waals surface area contributed by atoms with Crippen LogP contribution in [0.15, 0.2) is 90.6 Å². The van der Waals surface area contributed by atoms with Gasteiger partial charge in [0.15, 0.2) is 0 Å². The number of benzene rings is 2. The first-order valence-electron chi connectivity index (χ1n) is 9.67. The maximum Gasteiger partial charge on any atom is 0.255 e. The Labute approximate surface area is 178 Å². The molecule has 1 N–H and O–H groups in total. The van der Waals surface area contributed by atoms with Gasteiger partial charge in [-0.3, -0.25) is 4.79 Å². The first-order valence-corrected chi connectivity index (χ1v) is 10.6. The van der Waals surface area contributed by atoms with Crippen molar-refractivity contribution in [3.63, 3.8) is 0 Å². The fourth-order valence-electron chi connectivity index (χ4n) is 3.48. The van der Waals surface area contributed by atoms with Gasteiger partial charge in [-0.05, 0) is 59.8 Å². The number of nitrogens with one attached hydrogen (secondary N) is 1. The molecule has 0 saturated carbocycles. The second-order valence-corrected chi connectivity index (χ2v) is 8.09. The molecule has 4 nitrogen and oxygen atoms in total. The first-order chi connectivity index (χ1) is 14.7. The minimum atomic E-state index is -0.129. The predicted octanol–water partition coefficient (Wildman–Crippen LogP) is 6.29. The van der Waals surface area contributed by atoms with E-state index >= 15 is 0 Å². The van der Waals surface area contributed by atoms with Crippen molar-refractivity contribution in [3.05, 3.63) is 102 Å². The molecule has 0 spiro atoms.